The summed E-state index contributed by atoms with van der Waals surface area (Å²) in [5.74, 6) is -0.460. The van der Waals surface area contributed by atoms with Crippen LogP contribution in [0.25, 0.3) is 0 Å². The topological polar surface area (TPSA) is 92.5 Å². The van der Waals surface area contributed by atoms with Crippen LogP contribution in [-0.4, -0.2) is 22.0 Å². The van der Waals surface area contributed by atoms with E-state index >= 15 is 0 Å². The molecule has 0 heterocycles. The van der Waals surface area contributed by atoms with E-state index in [4.69, 9.17) is 0 Å². The third-order valence-electron chi connectivity index (χ3n) is 4.23. The largest absolute Gasteiger partial charge is 0.416 e. The van der Waals surface area contributed by atoms with Crippen LogP contribution in [0.15, 0.2) is 48.5 Å². The third kappa shape index (κ3) is 5.53. The quantitative estimate of drug-likeness (QED) is 0.550. The average Bonchev–Trinajstić information content (AvgIpc) is 2.65. The molecule has 2 atom stereocenters. The molecule has 0 bridgehead atoms. The molecule has 2 rings (SSSR count). The molecule has 0 saturated heterocycles. The van der Waals surface area contributed by atoms with Crippen molar-refractivity contribution in [3.8, 4) is 0 Å². The minimum absolute atomic E-state index is 0.127. The molecule has 0 aromatic heterocycles. The first-order valence-electron chi connectivity index (χ1n) is 8.49. The van der Waals surface area contributed by atoms with Crippen LogP contribution in [-0.2, 0) is 17.4 Å². The van der Waals surface area contributed by atoms with Crippen LogP contribution in [0.4, 0.5) is 18.9 Å². The van der Waals surface area contributed by atoms with Crippen molar-refractivity contribution in [3.05, 3.63) is 75.3 Å². The molecule has 28 heavy (non-hydrogen) atoms. The molecule has 0 unspecified atom stereocenters. The molecule has 0 aliphatic heterocycles. The lowest BCUT2D eigenvalue weighted by Gasteiger charge is -2.23. The summed E-state index contributed by atoms with van der Waals surface area (Å²) >= 11 is 0. The zero-order valence-electron chi connectivity index (χ0n) is 14.9. The molecule has 2 N–H and O–H groups in total. The Morgan fingerprint density at radius 3 is 2.39 bits per heavy atom. The predicted molar refractivity (Wildman–Crippen MR) is 95.4 cm³/mol. The van der Waals surface area contributed by atoms with Gasteiger partial charge in [0.15, 0.2) is 0 Å². The average molecular weight is 396 g/mol. The number of amides is 1. The maximum atomic E-state index is 12.6. The van der Waals surface area contributed by atoms with E-state index in [0.717, 1.165) is 12.1 Å². The highest BCUT2D eigenvalue weighted by atomic mass is 19.4. The molecule has 9 heteroatoms. The lowest BCUT2D eigenvalue weighted by atomic mass is 9.98. The van der Waals surface area contributed by atoms with Crippen LogP contribution in [0, 0.1) is 10.1 Å². The summed E-state index contributed by atoms with van der Waals surface area (Å²) in [5, 5.41) is 23.8. The molecule has 0 saturated carbocycles. The molecular formula is C19H19F3N2O4. The maximum Gasteiger partial charge on any atom is 0.416 e. The molecule has 150 valence electrons. The van der Waals surface area contributed by atoms with Gasteiger partial charge in [0, 0.05) is 12.1 Å². The minimum Gasteiger partial charge on any atom is -0.386 e. The van der Waals surface area contributed by atoms with Gasteiger partial charge in [-0.25, -0.2) is 0 Å². The second kappa shape index (κ2) is 8.83. The van der Waals surface area contributed by atoms with Crippen LogP contribution in [0.2, 0.25) is 0 Å². The highest BCUT2D eigenvalue weighted by molar-refractivity contribution is 5.79. The predicted octanol–water partition coefficient (Wildman–Crippen LogP) is 3.78. The number of alkyl halides is 3. The van der Waals surface area contributed by atoms with Gasteiger partial charge in [0.05, 0.1) is 29.1 Å². The van der Waals surface area contributed by atoms with Gasteiger partial charge >= 0.3 is 6.18 Å². The lowest BCUT2D eigenvalue weighted by molar-refractivity contribution is -0.384. The van der Waals surface area contributed by atoms with Gasteiger partial charge in [-0.05, 0) is 29.7 Å². The van der Waals surface area contributed by atoms with Crippen LogP contribution in [0.5, 0.6) is 0 Å². The Morgan fingerprint density at radius 2 is 1.86 bits per heavy atom. The molecule has 2 aromatic carbocycles. The number of carbonyl (C=O) groups excluding carboxylic acids is 1. The molecule has 6 nitrogen and oxygen atoms in total. The summed E-state index contributed by atoms with van der Waals surface area (Å²) in [7, 11) is 0. The minimum atomic E-state index is -4.47. The maximum absolute atomic E-state index is 12.6. The van der Waals surface area contributed by atoms with E-state index in [1.54, 1.807) is 13.0 Å². The Hall–Kier alpha value is -2.94. The van der Waals surface area contributed by atoms with Gasteiger partial charge in [-0.2, -0.15) is 13.2 Å². The van der Waals surface area contributed by atoms with Gasteiger partial charge in [-0.15, -0.1) is 0 Å². The smallest absolute Gasteiger partial charge is 0.386 e. The van der Waals surface area contributed by atoms with Crippen LogP contribution >= 0.6 is 0 Å². The van der Waals surface area contributed by atoms with E-state index in [-0.39, 0.29) is 17.7 Å². The normalized spacial score (nSPS) is 13.6. The number of nitrogens with zero attached hydrogens (tertiary/aromatic N) is 1. The molecule has 0 spiro atoms. The first-order chi connectivity index (χ1) is 13.1. The number of carbonyl (C=O) groups is 1. The second-order valence-corrected chi connectivity index (χ2v) is 6.25. The summed E-state index contributed by atoms with van der Waals surface area (Å²) in [4.78, 5) is 22.5. The second-order valence-electron chi connectivity index (χ2n) is 6.25. The molecule has 0 aliphatic rings. The molecule has 2 aromatic rings. The van der Waals surface area contributed by atoms with Crippen molar-refractivity contribution in [1.29, 1.82) is 0 Å². The van der Waals surface area contributed by atoms with Gasteiger partial charge < -0.3 is 10.4 Å². The van der Waals surface area contributed by atoms with Crippen molar-refractivity contribution >= 4 is 11.6 Å². The first-order valence-corrected chi connectivity index (χ1v) is 8.49. The van der Waals surface area contributed by atoms with Crippen molar-refractivity contribution in [2.45, 2.75) is 38.1 Å². The van der Waals surface area contributed by atoms with E-state index in [2.05, 4.69) is 5.32 Å². The van der Waals surface area contributed by atoms with Crippen LogP contribution in [0.3, 0.4) is 0 Å². The number of halogens is 3. The Bertz CT molecular complexity index is 838. The number of aliphatic hydroxyl groups excluding tert-OH is 1. The Labute approximate surface area is 159 Å². The van der Waals surface area contributed by atoms with E-state index in [0.29, 0.717) is 12.0 Å². The number of non-ortho nitro benzene ring substituents is 1. The molecule has 0 aliphatic carbocycles. The fourth-order valence-corrected chi connectivity index (χ4v) is 2.73. The monoisotopic (exact) mass is 396 g/mol. The van der Waals surface area contributed by atoms with Gasteiger partial charge in [0.25, 0.3) is 5.69 Å². The van der Waals surface area contributed by atoms with E-state index in [1.165, 1.54) is 30.3 Å². The van der Waals surface area contributed by atoms with E-state index < -0.39 is 34.7 Å². The molecular weight excluding hydrogens is 377 g/mol. The molecule has 1 amide bonds. The summed E-state index contributed by atoms with van der Waals surface area (Å²) in [6.07, 6.45) is -5.46. The van der Waals surface area contributed by atoms with Crippen molar-refractivity contribution in [2.24, 2.45) is 0 Å². The standard InChI is InChI=1S/C19H19F3N2O4/c1-2-16(18(26)13-6-8-14(9-7-13)19(20,21)22)23-17(25)11-12-4-3-5-15(10-12)24(27)28/h3-10,16,18,26H,2,11H2,1H3,(H,23,25)/t16-,18+/m1/s1. The Balaban J connectivity index is 2.05. The van der Waals surface area contributed by atoms with Crippen molar-refractivity contribution in [1.82, 2.24) is 5.32 Å². The Morgan fingerprint density at radius 1 is 1.21 bits per heavy atom. The van der Waals surface area contributed by atoms with Gasteiger partial charge in [0.2, 0.25) is 5.91 Å². The van der Waals surface area contributed by atoms with Gasteiger partial charge in [-0.1, -0.05) is 31.2 Å². The molecule has 0 fully saturated rings. The number of benzene rings is 2. The third-order valence-corrected chi connectivity index (χ3v) is 4.23. The zero-order valence-corrected chi connectivity index (χ0v) is 14.9. The number of rotatable bonds is 7. The first kappa shape index (κ1) is 21.4. The van der Waals surface area contributed by atoms with Crippen LogP contribution < -0.4 is 5.32 Å². The van der Waals surface area contributed by atoms with Gasteiger partial charge in [0.1, 0.15) is 0 Å². The zero-order chi connectivity index (χ0) is 20.9. The Kier molecular flexibility index (Phi) is 6.74. The van der Waals surface area contributed by atoms with E-state index in [1.807, 2.05) is 0 Å². The van der Waals surface area contributed by atoms with Crippen molar-refractivity contribution in [3.63, 3.8) is 0 Å². The molecule has 0 radical (unpaired) electrons. The summed E-state index contributed by atoms with van der Waals surface area (Å²) in [6, 6.07) is 8.99. The van der Waals surface area contributed by atoms with Crippen molar-refractivity contribution in [2.75, 3.05) is 0 Å². The number of hydrogen-bond donors (Lipinski definition) is 2. The number of aliphatic hydroxyl groups is 1. The summed E-state index contributed by atoms with van der Waals surface area (Å²) in [5.41, 5.74) is -0.283. The fraction of sp³-hybridized carbons (Fsp3) is 0.316. The SMILES string of the molecule is CC[C@@H](NC(=O)Cc1cccc([N+](=O)[O-])c1)[C@@H](O)c1ccc(C(F)(F)F)cc1. The summed E-state index contributed by atoms with van der Waals surface area (Å²) < 4.78 is 37.9. The highest BCUT2D eigenvalue weighted by Gasteiger charge is 2.30. The summed E-state index contributed by atoms with van der Waals surface area (Å²) in [6.45, 7) is 1.71. The van der Waals surface area contributed by atoms with Gasteiger partial charge in [-0.3, -0.25) is 14.9 Å². The highest BCUT2D eigenvalue weighted by Crippen LogP contribution is 2.30. The van der Waals surface area contributed by atoms with Crippen LogP contribution in [0.1, 0.15) is 36.1 Å². The lowest BCUT2D eigenvalue weighted by Crippen LogP contribution is -2.39. The number of hydrogen-bond acceptors (Lipinski definition) is 4. The van der Waals surface area contributed by atoms with Crippen molar-refractivity contribution < 1.29 is 28.0 Å². The fourth-order valence-electron chi connectivity index (χ4n) is 2.73. The number of nitro groups is 1. The number of nitro benzene ring substituents is 1. The van der Waals surface area contributed by atoms with E-state index in [9.17, 15) is 33.2 Å². The number of nitrogens with one attached hydrogen (secondary N) is 1.